The highest BCUT2D eigenvalue weighted by Crippen LogP contribution is 2.28. The van der Waals surface area contributed by atoms with E-state index in [9.17, 15) is 14.4 Å². The maximum atomic E-state index is 14.2. The van der Waals surface area contributed by atoms with E-state index in [4.69, 9.17) is 4.74 Å². The van der Waals surface area contributed by atoms with Crippen molar-refractivity contribution in [1.82, 2.24) is 15.5 Å². The molecule has 0 aliphatic rings. The zero-order valence-corrected chi connectivity index (χ0v) is 23.1. The van der Waals surface area contributed by atoms with Gasteiger partial charge in [0.1, 0.15) is 17.7 Å². The molecule has 0 saturated carbocycles. The van der Waals surface area contributed by atoms with Crippen LogP contribution in [0.15, 0.2) is 61.2 Å². The molecule has 7 heteroatoms. The van der Waals surface area contributed by atoms with Crippen molar-refractivity contribution in [1.29, 1.82) is 0 Å². The number of carbonyl (C=O) groups excluding carboxylic acids is 3. The molecule has 0 fully saturated rings. The van der Waals surface area contributed by atoms with Gasteiger partial charge in [0.2, 0.25) is 11.8 Å². The summed E-state index contributed by atoms with van der Waals surface area (Å²) >= 11 is 0. The molecule has 2 aromatic carbocycles. The molecule has 0 radical (unpaired) electrons. The first-order valence-corrected chi connectivity index (χ1v) is 12.6. The van der Waals surface area contributed by atoms with Crippen molar-refractivity contribution in [3.63, 3.8) is 0 Å². The molecule has 200 valence electrons. The number of hydrogen-bond donors (Lipinski definition) is 2. The second-order valence-corrected chi connectivity index (χ2v) is 10.5. The van der Waals surface area contributed by atoms with Crippen LogP contribution in [0.4, 0.5) is 4.79 Å². The van der Waals surface area contributed by atoms with Crippen LogP contribution in [-0.2, 0) is 20.7 Å². The average Bonchev–Trinajstić information content (AvgIpc) is 2.79. The minimum absolute atomic E-state index is 0.115. The maximum absolute atomic E-state index is 14.2. The van der Waals surface area contributed by atoms with Crippen molar-refractivity contribution in [2.75, 3.05) is 6.54 Å². The molecule has 0 heterocycles. The van der Waals surface area contributed by atoms with Gasteiger partial charge in [0.05, 0.1) is 0 Å². The van der Waals surface area contributed by atoms with E-state index in [1.807, 2.05) is 76.2 Å². The van der Waals surface area contributed by atoms with Gasteiger partial charge in [-0.05, 0) is 70.7 Å². The SMILES string of the molecule is C=CCN(C(=O)C(Cc1ccccc1)NC(=O)OC(C)(C)C)C(C(=O)NC(C)C)c1cccc(C)c1C. The average molecular weight is 508 g/mol. The predicted octanol–water partition coefficient (Wildman–Crippen LogP) is 5.02. The Hall–Kier alpha value is -3.61. The van der Waals surface area contributed by atoms with Crippen LogP contribution in [0, 0.1) is 13.8 Å². The Balaban J connectivity index is 2.57. The van der Waals surface area contributed by atoms with Gasteiger partial charge in [-0.3, -0.25) is 9.59 Å². The van der Waals surface area contributed by atoms with E-state index >= 15 is 0 Å². The lowest BCUT2D eigenvalue weighted by molar-refractivity contribution is -0.142. The minimum Gasteiger partial charge on any atom is -0.444 e. The third kappa shape index (κ3) is 8.77. The molecule has 0 aliphatic heterocycles. The molecular formula is C30H41N3O4. The largest absolute Gasteiger partial charge is 0.444 e. The first-order chi connectivity index (χ1) is 17.3. The molecule has 0 spiro atoms. The van der Waals surface area contributed by atoms with Crippen LogP contribution in [0.3, 0.4) is 0 Å². The Labute approximate surface area is 221 Å². The molecule has 0 bridgehead atoms. The zero-order valence-electron chi connectivity index (χ0n) is 23.1. The summed E-state index contributed by atoms with van der Waals surface area (Å²) in [5, 5.41) is 5.72. The lowest BCUT2D eigenvalue weighted by Crippen LogP contribution is -2.54. The van der Waals surface area contributed by atoms with Crippen molar-refractivity contribution in [2.45, 2.75) is 78.6 Å². The summed E-state index contributed by atoms with van der Waals surface area (Å²) in [5.74, 6) is -0.700. The van der Waals surface area contributed by atoms with Crippen molar-refractivity contribution >= 4 is 17.9 Å². The van der Waals surface area contributed by atoms with Gasteiger partial charge in [-0.15, -0.1) is 6.58 Å². The van der Waals surface area contributed by atoms with Crippen LogP contribution in [-0.4, -0.2) is 47.0 Å². The third-order valence-electron chi connectivity index (χ3n) is 5.81. The topological polar surface area (TPSA) is 87.7 Å². The smallest absolute Gasteiger partial charge is 0.408 e. The molecular weight excluding hydrogens is 466 g/mol. The van der Waals surface area contributed by atoms with Crippen LogP contribution >= 0.6 is 0 Å². The summed E-state index contributed by atoms with van der Waals surface area (Å²) in [4.78, 5) is 42.0. The molecule has 2 unspecified atom stereocenters. The molecule has 3 amide bonds. The van der Waals surface area contributed by atoms with Gasteiger partial charge in [0.25, 0.3) is 0 Å². The third-order valence-corrected chi connectivity index (χ3v) is 5.81. The molecule has 2 rings (SSSR count). The van der Waals surface area contributed by atoms with Gasteiger partial charge in [-0.25, -0.2) is 4.79 Å². The highest BCUT2D eigenvalue weighted by atomic mass is 16.6. The van der Waals surface area contributed by atoms with Crippen molar-refractivity contribution in [3.05, 3.63) is 83.4 Å². The molecule has 0 aliphatic carbocycles. The molecule has 2 atom stereocenters. The van der Waals surface area contributed by atoms with Gasteiger partial charge >= 0.3 is 6.09 Å². The lowest BCUT2D eigenvalue weighted by atomic mass is 9.94. The number of aryl methyl sites for hydroxylation is 1. The fourth-order valence-electron chi connectivity index (χ4n) is 4.05. The van der Waals surface area contributed by atoms with Crippen LogP contribution in [0.5, 0.6) is 0 Å². The van der Waals surface area contributed by atoms with E-state index < -0.39 is 29.7 Å². The second-order valence-electron chi connectivity index (χ2n) is 10.5. The van der Waals surface area contributed by atoms with Crippen LogP contribution in [0.25, 0.3) is 0 Å². The van der Waals surface area contributed by atoms with Gasteiger partial charge in [0.15, 0.2) is 0 Å². The first-order valence-electron chi connectivity index (χ1n) is 12.6. The number of hydrogen-bond acceptors (Lipinski definition) is 4. The van der Waals surface area contributed by atoms with E-state index in [-0.39, 0.29) is 24.9 Å². The summed E-state index contributed by atoms with van der Waals surface area (Å²) < 4.78 is 5.46. The number of rotatable bonds is 10. The van der Waals surface area contributed by atoms with Crippen LogP contribution in [0.1, 0.15) is 62.9 Å². The first kappa shape index (κ1) is 29.6. The van der Waals surface area contributed by atoms with E-state index in [0.717, 1.165) is 22.3 Å². The summed E-state index contributed by atoms with van der Waals surface area (Å²) in [5.41, 5.74) is 2.80. The molecule has 7 nitrogen and oxygen atoms in total. The van der Waals surface area contributed by atoms with Crippen molar-refractivity contribution in [3.8, 4) is 0 Å². The summed E-state index contributed by atoms with van der Waals surface area (Å²) in [7, 11) is 0. The molecule has 0 aromatic heterocycles. The van der Waals surface area contributed by atoms with E-state index in [1.54, 1.807) is 26.8 Å². The van der Waals surface area contributed by atoms with E-state index in [0.29, 0.717) is 0 Å². The fourth-order valence-corrected chi connectivity index (χ4v) is 4.05. The zero-order chi connectivity index (χ0) is 27.8. The Bertz CT molecular complexity index is 1090. The van der Waals surface area contributed by atoms with E-state index in [1.165, 1.54) is 4.90 Å². The number of nitrogens with one attached hydrogen (secondary N) is 2. The number of alkyl carbamates (subject to hydrolysis) is 1. The Morgan fingerprint density at radius 1 is 1.00 bits per heavy atom. The summed E-state index contributed by atoms with van der Waals surface area (Å²) in [6.07, 6.45) is 1.12. The minimum atomic E-state index is -0.961. The standard InChI is InChI=1S/C30H41N3O4/c1-9-18-33(26(27(34)31-20(2)3)24-17-13-14-21(4)22(24)5)28(35)25(19-23-15-11-10-12-16-23)32-29(36)37-30(6,7)8/h9-17,20,25-26H,1,18-19H2,2-8H3,(H,31,34)(H,32,36). The van der Waals surface area contributed by atoms with Gasteiger partial charge in [0, 0.05) is 19.0 Å². The lowest BCUT2D eigenvalue weighted by Gasteiger charge is -2.35. The molecule has 2 N–H and O–H groups in total. The highest BCUT2D eigenvalue weighted by Gasteiger charge is 2.36. The van der Waals surface area contributed by atoms with Crippen LogP contribution < -0.4 is 10.6 Å². The molecule has 0 saturated heterocycles. The van der Waals surface area contributed by atoms with E-state index in [2.05, 4.69) is 17.2 Å². The maximum Gasteiger partial charge on any atom is 0.408 e. The number of ether oxygens (including phenoxy) is 1. The van der Waals surface area contributed by atoms with Gasteiger partial charge < -0.3 is 20.3 Å². The van der Waals surface area contributed by atoms with Crippen molar-refractivity contribution < 1.29 is 19.1 Å². The number of carbonyl (C=O) groups is 3. The van der Waals surface area contributed by atoms with Gasteiger partial charge in [-0.2, -0.15) is 0 Å². The summed E-state index contributed by atoms with van der Waals surface area (Å²) in [6.45, 7) is 16.9. The Kier molecular flexibility index (Phi) is 10.5. The predicted molar refractivity (Wildman–Crippen MR) is 147 cm³/mol. The number of nitrogens with zero attached hydrogens (tertiary/aromatic N) is 1. The normalized spacial score (nSPS) is 12.9. The Morgan fingerprint density at radius 2 is 1.65 bits per heavy atom. The molecule has 2 aromatic rings. The summed E-state index contributed by atoms with van der Waals surface area (Å²) in [6, 6.07) is 13.1. The number of amides is 3. The van der Waals surface area contributed by atoms with Crippen LogP contribution in [0.2, 0.25) is 0 Å². The van der Waals surface area contributed by atoms with Crippen molar-refractivity contribution in [2.24, 2.45) is 0 Å². The molecule has 37 heavy (non-hydrogen) atoms. The second kappa shape index (κ2) is 13.1. The van der Waals surface area contributed by atoms with Gasteiger partial charge in [-0.1, -0.05) is 54.6 Å². The fraction of sp³-hybridized carbons (Fsp3) is 0.433. The quantitative estimate of drug-likeness (QED) is 0.442. The number of benzene rings is 2. The monoisotopic (exact) mass is 507 g/mol. The Morgan fingerprint density at radius 3 is 2.22 bits per heavy atom. The highest BCUT2D eigenvalue weighted by molar-refractivity contribution is 5.92.